The van der Waals surface area contributed by atoms with Gasteiger partial charge in [0.15, 0.2) is 5.96 Å². The van der Waals surface area contributed by atoms with Gasteiger partial charge in [-0.05, 0) is 31.1 Å². The number of aliphatic imine (C=N–C) groups is 1. The first kappa shape index (κ1) is 24.5. The predicted molar refractivity (Wildman–Crippen MR) is 126 cm³/mol. The van der Waals surface area contributed by atoms with E-state index in [2.05, 4.69) is 36.6 Å². The number of guanidine groups is 1. The summed E-state index contributed by atoms with van der Waals surface area (Å²) in [4.78, 5) is 4.85. The lowest BCUT2D eigenvalue weighted by Gasteiger charge is -2.35. The van der Waals surface area contributed by atoms with E-state index in [0.717, 1.165) is 57.4 Å². The van der Waals surface area contributed by atoms with Gasteiger partial charge in [0.05, 0.1) is 19.8 Å². The van der Waals surface area contributed by atoms with Crippen LogP contribution in [0, 0.1) is 0 Å². The summed E-state index contributed by atoms with van der Waals surface area (Å²) in [7, 11) is 0. The molecule has 0 saturated carbocycles. The first-order valence-corrected chi connectivity index (χ1v) is 10.6. The molecule has 2 rings (SSSR count). The lowest BCUT2D eigenvalue weighted by atomic mass is 9.99. The standard InChI is InChI=1S/C20H33N3O2S.HI/c1-3-21-19(22-12-15-25-16-18-8-6-5-7-9-18)23-17-20(26-4-2)10-13-24-14-11-20;/h5-9H,3-4,10-17H2,1-2H3,(H2,21,22,23);1H. The third-order valence-corrected chi connectivity index (χ3v) is 5.81. The van der Waals surface area contributed by atoms with Gasteiger partial charge in [-0.3, -0.25) is 4.99 Å². The molecule has 1 aliphatic heterocycles. The van der Waals surface area contributed by atoms with Gasteiger partial charge in [-0.15, -0.1) is 24.0 Å². The average molecular weight is 507 g/mol. The molecular weight excluding hydrogens is 473 g/mol. The fraction of sp³-hybridized carbons (Fsp3) is 0.650. The minimum Gasteiger partial charge on any atom is -0.381 e. The van der Waals surface area contributed by atoms with E-state index in [1.807, 2.05) is 30.0 Å². The molecule has 1 heterocycles. The van der Waals surface area contributed by atoms with Crippen molar-refractivity contribution in [3.63, 3.8) is 0 Å². The number of ether oxygens (including phenoxy) is 2. The summed E-state index contributed by atoms with van der Waals surface area (Å²) in [5.74, 6) is 1.99. The van der Waals surface area contributed by atoms with Crippen LogP contribution in [0.3, 0.4) is 0 Å². The molecular formula is C20H34IN3O2S. The molecule has 2 N–H and O–H groups in total. The molecule has 0 bridgehead atoms. The van der Waals surface area contributed by atoms with E-state index in [1.54, 1.807) is 0 Å². The molecule has 0 atom stereocenters. The van der Waals surface area contributed by atoms with E-state index in [9.17, 15) is 0 Å². The number of hydrogen-bond donors (Lipinski definition) is 2. The number of nitrogens with zero attached hydrogens (tertiary/aromatic N) is 1. The highest BCUT2D eigenvalue weighted by Gasteiger charge is 2.32. The Labute approximate surface area is 185 Å². The maximum atomic E-state index is 5.74. The molecule has 0 spiro atoms. The van der Waals surface area contributed by atoms with Crippen LogP contribution in [-0.4, -0.2) is 55.9 Å². The Balaban J connectivity index is 0.00000364. The molecule has 27 heavy (non-hydrogen) atoms. The van der Waals surface area contributed by atoms with Gasteiger partial charge in [-0.2, -0.15) is 11.8 Å². The number of hydrogen-bond acceptors (Lipinski definition) is 4. The molecule has 0 unspecified atom stereocenters. The van der Waals surface area contributed by atoms with Gasteiger partial charge in [0.2, 0.25) is 0 Å². The fourth-order valence-electron chi connectivity index (χ4n) is 2.97. The van der Waals surface area contributed by atoms with Gasteiger partial charge in [-0.1, -0.05) is 37.3 Å². The lowest BCUT2D eigenvalue weighted by molar-refractivity contribution is 0.0793. The van der Waals surface area contributed by atoms with E-state index < -0.39 is 0 Å². The van der Waals surface area contributed by atoms with E-state index in [4.69, 9.17) is 14.5 Å². The van der Waals surface area contributed by atoms with Crippen LogP contribution in [0.5, 0.6) is 0 Å². The van der Waals surface area contributed by atoms with Crippen molar-refractivity contribution in [2.75, 3.05) is 45.2 Å². The second-order valence-corrected chi connectivity index (χ2v) is 8.12. The quantitative estimate of drug-likeness (QED) is 0.219. The van der Waals surface area contributed by atoms with Crippen LogP contribution in [0.1, 0.15) is 32.3 Å². The number of halogens is 1. The summed E-state index contributed by atoms with van der Waals surface area (Å²) in [5, 5.41) is 6.71. The van der Waals surface area contributed by atoms with Crippen molar-refractivity contribution < 1.29 is 9.47 Å². The summed E-state index contributed by atoms with van der Waals surface area (Å²) >= 11 is 2.02. The monoisotopic (exact) mass is 507 g/mol. The second-order valence-electron chi connectivity index (χ2n) is 6.39. The van der Waals surface area contributed by atoms with Gasteiger partial charge in [0, 0.05) is 31.1 Å². The summed E-state index contributed by atoms with van der Waals surface area (Å²) in [6.45, 7) is 9.74. The van der Waals surface area contributed by atoms with E-state index in [-0.39, 0.29) is 28.7 Å². The van der Waals surface area contributed by atoms with Crippen LogP contribution in [0.15, 0.2) is 35.3 Å². The summed E-state index contributed by atoms with van der Waals surface area (Å²) in [5.41, 5.74) is 1.20. The van der Waals surface area contributed by atoms with Crippen molar-refractivity contribution in [1.82, 2.24) is 10.6 Å². The number of rotatable bonds is 10. The molecule has 5 nitrogen and oxygen atoms in total. The Kier molecular flexibility index (Phi) is 13.2. The highest BCUT2D eigenvalue weighted by molar-refractivity contribution is 14.0. The van der Waals surface area contributed by atoms with Crippen molar-refractivity contribution in [1.29, 1.82) is 0 Å². The van der Waals surface area contributed by atoms with E-state index in [1.165, 1.54) is 5.56 Å². The Bertz CT molecular complexity index is 520. The third-order valence-electron chi connectivity index (χ3n) is 4.37. The van der Waals surface area contributed by atoms with Crippen molar-refractivity contribution in [2.45, 2.75) is 38.0 Å². The molecule has 0 aliphatic carbocycles. The molecule has 7 heteroatoms. The van der Waals surface area contributed by atoms with Crippen LogP contribution in [0.2, 0.25) is 0 Å². The predicted octanol–water partition coefficient (Wildman–Crippen LogP) is 3.68. The van der Waals surface area contributed by atoms with Crippen molar-refractivity contribution in [3.8, 4) is 0 Å². The number of thioether (sulfide) groups is 1. The van der Waals surface area contributed by atoms with E-state index in [0.29, 0.717) is 13.2 Å². The van der Waals surface area contributed by atoms with Gasteiger partial charge in [0.25, 0.3) is 0 Å². The molecule has 0 radical (unpaired) electrons. The summed E-state index contributed by atoms with van der Waals surface area (Å²) < 4.78 is 11.5. The summed E-state index contributed by atoms with van der Waals surface area (Å²) in [6.07, 6.45) is 2.16. The molecule has 154 valence electrons. The third kappa shape index (κ3) is 9.49. The molecule has 1 saturated heterocycles. The zero-order valence-electron chi connectivity index (χ0n) is 16.5. The average Bonchev–Trinajstić information content (AvgIpc) is 2.67. The van der Waals surface area contributed by atoms with Crippen molar-refractivity contribution >= 4 is 41.7 Å². The van der Waals surface area contributed by atoms with Gasteiger partial charge >= 0.3 is 0 Å². The minimum atomic E-state index is 0. The van der Waals surface area contributed by atoms with Crippen LogP contribution in [-0.2, 0) is 16.1 Å². The Hall–Kier alpha value is -0.510. The topological polar surface area (TPSA) is 54.9 Å². The number of benzene rings is 1. The van der Waals surface area contributed by atoms with Crippen LogP contribution in [0.4, 0.5) is 0 Å². The Morgan fingerprint density at radius 1 is 1.19 bits per heavy atom. The van der Waals surface area contributed by atoms with Crippen LogP contribution >= 0.6 is 35.7 Å². The normalized spacial score (nSPS) is 16.4. The Morgan fingerprint density at radius 3 is 2.59 bits per heavy atom. The molecule has 0 amide bonds. The zero-order valence-corrected chi connectivity index (χ0v) is 19.7. The lowest BCUT2D eigenvalue weighted by Crippen LogP contribution is -2.42. The molecule has 1 aromatic carbocycles. The minimum absolute atomic E-state index is 0. The fourth-order valence-corrected chi connectivity index (χ4v) is 4.19. The molecule has 0 aromatic heterocycles. The maximum Gasteiger partial charge on any atom is 0.191 e. The largest absolute Gasteiger partial charge is 0.381 e. The highest BCUT2D eigenvalue weighted by atomic mass is 127. The van der Waals surface area contributed by atoms with Crippen LogP contribution in [0.25, 0.3) is 0 Å². The van der Waals surface area contributed by atoms with Crippen molar-refractivity contribution in [3.05, 3.63) is 35.9 Å². The van der Waals surface area contributed by atoms with Crippen molar-refractivity contribution in [2.24, 2.45) is 4.99 Å². The highest BCUT2D eigenvalue weighted by Crippen LogP contribution is 2.35. The molecule has 1 aromatic rings. The SMILES string of the molecule is CCNC(=NCC1(SCC)CCOCC1)NCCOCc1ccccc1.I. The van der Waals surface area contributed by atoms with E-state index >= 15 is 0 Å². The Morgan fingerprint density at radius 2 is 1.93 bits per heavy atom. The first-order valence-electron chi connectivity index (χ1n) is 9.63. The van der Waals surface area contributed by atoms with Gasteiger partial charge in [-0.25, -0.2) is 0 Å². The first-order chi connectivity index (χ1) is 12.8. The number of nitrogens with one attached hydrogen (secondary N) is 2. The zero-order chi connectivity index (χ0) is 18.5. The maximum absolute atomic E-state index is 5.74. The molecule has 1 fully saturated rings. The smallest absolute Gasteiger partial charge is 0.191 e. The van der Waals surface area contributed by atoms with Gasteiger partial charge in [0.1, 0.15) is 0 Å². The second kappa shape index (κ2) is 14.5. The van der Waals surface area contributed by atoms with Crippen LogP contribution < -0.4 is 10.6 Å². The summed E-state index contributed by atoms with van der Waals surface area (Å²) in [6, 6.07) is 10.3. The molecule has 1 aliphatic rings. The van der Waals surface area contributed by atoms with Gasteiger partial charge < -0.3 is 20.1 Å².